The number of piperidine rings is 1. The summed E-state index contributed by atoms with van der Waals surface area (Å²) >= 11 is 0. The van der Waals surface area contributed by atoms with Crippen LogP contribution >= 0.6 is 0 Å². The van der Waals surface area contributed by atoms with E-state index in [4.69, 9.17) is 0 Å². The summed E-state index contributed by atoms with van der Waals surface area (Å²) in [4.78, 5) is 26.0. The molecule has 12 heteroatoms. The number of hydrogen-bond donors (Lipinski definition) is 2. The first-order chi connectivity index (χ1) is 20.1. The Kier molecular flexibility index (Phi) is 7.53. The number of rotatable bonds is 9. The average Bonchev–Trinajstić information content (AvgIpc) is 3.70. The molecule has 3 aromatic rings. The first-order valence-corrected chi connectivity index (χ1v) is 15.3. The van der Waals surface area contributed by atoms with Crippen molar-refractivity contribution in [2.45, 2.75) is 109 Å². The average molecular weight is 583 g/mol. The second-order valence-corrected chi connectivity index (χ2v) is 12.9. The van der Waals surface area contributed by atoms with Crippen molar-refractivity contribution in [2.24, 2.45) is 7.05 Å². The van der Waals surface area contributed by atoms with Crippen LogP contribution in [0.3, 0.4) is 0 Å². The maximum absolute atomic E-state index is 15.4. The van der Waals surface area contributed by atoms with Gasteiger partial charge in [-0.2, -0.15) is 4.98 Å². The van der Waals surface area contributed by atoms with E-state index in [0.29, 0.717) is 11.7 Å². The van der Waals surface area contributed by atoms with Crippen LogP contribution in [0.2, 0.25) is 0 Å². The summed E-state index contributed by atoms with van der Waals surface area (Å²) in [5.74, 6) is -0.692. The first kappa shape index (κ1) is 28.7. The van der Waals surface area contributed by atoms with Gasteiger partial charge in [-0.05, 0) is 82.4 Å². The largest absolute Gasteiger partial charge is 0.473 e. The van der Waals surface area contributed by atoms with Crippen LogP contribution in [0.5, 0.6) is 0 Å². The van der Waals surface area contributed by atoms with Gasteiger partial charge in [-0.15, -0.1) is 4.68 Å². The Balaban J connectivity index is 1.26. The molecule has 2 aliphatic heterocycles. The minimum Gasteiger partial charge on any atom is -0.365 e. The fourth-order valence-corrected chi connectivity index (χ4v) is 6.82. The van der Waals surface area contributed by atoms with Gasteiger partial charge in [0.15, 0.2) is 17.3 Å². The van der Waals surface area contributed by atoms with Crippen molar-refractivity contribution >= 4 is 17.5 Å². The number of benzene rings is 1. The number of nitrogens with one attached hydrogen (secondary N) is 2. The van der Waals surface area contributed by atoms with E-state index in [1.165, 1.54) is 15.4 Å². The minimum atomic E-state index is -0.550. The maximum Gasteiger partial charge on any atom is 0.473 e. The van der Waals surface area contributed by atoms with Crippen molar-refractivity contribution in [3.05, 3.63) is 46.0 Å². The molecule has 0 spiro atoms. The highest BCUT2D eigenvalue weighted by molar-refractivity contribution is 5.62. The molecule has 10 nitrogen and oxygen atoms in total. The van der Waals surface area contributed by atoms with Gasteiger partial charge in [0.1, 0.15) is 17.1 Å². The molecule has 1 aromatic carbocycles. The van der Waals surface area contributed by atoms with Gasteiger partial charge in [0.05, 0.1) is 18.9 Å². The molecule has 4 heterocycles. The van der Waals surface area contributed by atoms with Crippen LogP contribution in [0.1, 0.15) is 96.6 Å². The summed E-state index contributed by atoms with van der Waals surface area (Å²) in [6.07, 6.45) is 8.91. The molecule has 2 saturated heterocycles. The van der Waals surface area contributed by atoms with E-state index in [2.05, 4.69) is 51.5 Å². The highest BCUT2D eigenvalue weighted by Crippen LogP contribution is 2.44. The van der Waals surface area contributed by atoms with Gasteiger partial charge in [-0.25, -0.2) is 18.6 Å². The second-order valence-electron chi connectivity index (χ2n) is 12.9. The standard InChI is InChI=1S/C30H42F2N9O/c1-6-7-18(2)41-37-40(29(42)38(41)5)26-16-25(23(31)15-22(26)19-8-9-19)35-28-33-17-24(32)27(36-28)34-20-11-13-39-21(14-20)10-12-30(39,3)4/h15-21H,6-14H2,1-5H3,(H2,33,34,35,36)/q+1. The van der Waals surface area contributed by atoms with Crippen molar-refractivity contribution < 1.29 is 13.6 Å². The Labute approximate surface area is 245 Å². The van der Waals surface area contributed by atoms with Gasteiger partial charge in [-0.1, -0.05) is 18.1 Å². The van der Waals surface area contributed by atoms with Crippen molar-refractivity contribution in [2.75, 3.05) is 17.2 Å². The number of fused-ring (bicyclic) bond motifs is 1. The summed E-state index contributed by atoms with van der Waals surface area (Å²) in [6.45, 7) is 9.65. The first-order valence-electron chi connectivity index (χ1n) is 15.3. The van der Waals surface area contributed by atoms with E-state index >= 15 is 4.39 Å². The third-order valence-electron chi connectivity index (χ3n) is 9.32. The van der Waals surface area contributed by atoms with E-state index in [1.54, 1.807) is 17.9 Å². The Morgan fingerprint density at radius 3 is 2.69 bits per heavy atom. The smallest absolute Gasteiger partial charge is 0.365 e. The molecular weight excluding hydrogens is 540 g/mol. The van der Waals surface area contributed by atoms with E-state index in [1.807, 2.05) is 6.92 Å². The van der Waals surface area contributed by atoms with Crippen molar-refractivity contribution in [3.63, 3.8) is 0 Å². The van der Waals surface area contributed by atoms with Crippen molar-refractivity contribution in [1.29, 1.82) is 0 Å². The van der Waals surface area contributed by atoms with Gasteiger partial charge >= 0.3 is 5.69 Å². The lowest BCUT2D eigenvalue weighted by Gasteiger charge is -2.42. The molecule has 3 unspecified atom stereocenters. The SMILES string of the molecule is CCCC(C)[n+]1nn(-c2cc(Nc3ncc(F)c(NC4CCN5C(CCC5(C)C)C4)n3)c(F)cc2C2CC2)c(=O)n1C. The molecule has 0 bridgehead atoms. The van der Waals surface area contributed by atoms with Crippen LogP contribution in [0.25, 0.3) is 5.69 Å². The van der Waals surface area contributed by atoms with Crippen LogP contribution in [0.4, 0.5) is 26.2 Å². The maximum atomic E-state index is 15.4. The zero-order valence-corrected chi connectivity index (χ0v) is 25.2. The number of tetrazole rings is 1. The van der Waals surface area contributed by atoms with Crippen LogP contribution in [-0.2, 0) is 7.05 Å². The Bertz CT molecular complexity index is 1530. The molecule has 2 N–H and O–H groups in total. The fourth-order valence-electron chi connectivity index (χ4n) is 6.82. The number of hydrogen-bond acceptors (Lipinski definition) is 7. The molecule has 6 rings (SSSR count). The van der Waals surface area contributed by atoms with Crippen LogP contribution in [0, 0.1) is 11.6 Å². The summed E-state index contributed by atoms with van der Waals surface area (Å²) in [5.41, 5.74) is 1.27. The van der Waals surface area contributed by atoms with Gasteiger partial charge < -0.3 is 10.6 Å². The highest BCUT2D eigenvalue weighted by Gasteiger charge is 2.42. The van der Waals surface area contributed by atoms with Crippen LogP contribution in [-0.4, -0.2) is 53.6 Å². The quantitative estimate of drug-likeness (QED) is 0.352. The fraction of sp³-hybridized carbons (Fsp3) is 0.633. The van der Waals surface area contributed by atoms with E-state index in [0.717, 1.165) is 69.7 Å². The number of nitrogens with zero attached hydrogens (tertiary/aromatic N) is 7. The molecule has 0 amide bonds. The van der Waals surface area contributed by atoms with E-state index < -0.39 is 11.6 Å². The molecular formula is C30H42F2N9O+. The Morgan fingerprint density at radius 1 is 1.17 bits per heavy atom. The molecule has 226 valence electrons. The summed E-state index contributed by atoms with van der Waals surface area (Å²) < 4.78 is 33.1. The third-order valence-corrected chi connectivity index (χ3v) is 9.32. The molecule has 3 atom stereocenters. The monoisotopic (exact) mass is 582 g/mol. The molecule has 1 saturated carbocycles. The number of halogens is 2. The van der Waals surface area contributed by atoms with Gasteiger partial charge in [0.2, 0.25) is 5.95 Å². The number of anilines is 3. The molecule has 3 fully saturated rings. The van der Waals surface area contributed by atoms with Crippen molar-refractivity contribution in [3.8, 4) is 5.69 Å². The number of aromatic nitrogens is 6. The zero-order valence-electron chi connectivity index (χ0n) is 25.2. The van der Waals surface area contributed by atoms with Gasteiger partial charge in [-0.3, -0.25) is 4.90 Å². The predicted octanol–water partition coefficient (Wildman–Crippen LogP) is 4.73. The third kappa shape index (κ3) is 5.41. The van der Waals surface area contributed by atoms with E-state index in [-0.39, 0.29) is 46.7 Å². The minimum absolute atomic E-state index is 0.0299. The van der Waals surface area contributed by atoms with Gasteiger partial charge in [0, 0.05) is 35.8 Å². The lowest BCUT2D eigenvalue weighted by molar-refractivity contribution is -0.846. The van der Waals surface area contributed by atoms with Gasteiger partial charge in [0.25, 0.3) is 0 Å². The molecule has 42 heavy (non-hydrogen) atoms. The molecule has 3 aliphatic rings. The molecule has 0 radical (unpaired) electrons. The van der Waals surface area contributed by atoms with Crippen LogP contribution < -0.4 is 21.1 Å². The summed E-state index contributed by atoms with van der Waals surface area (Å²) in [6, 6.07) is 3.66. The van der Waals surface area contributed by atoms with E-state index in [9.17, 15) is 9.18 Å². The topological polar surface area (TPSA) is 96.8 Å². The van der Waals surface area contributed by atoms with Crippen LogP contribution in [0.15, 0.2) is 23.1 Å². The Morgan fingerprint density at radius 2 is 1.95 bits per heavy atom. The lowest BCUT2D eigenvalue weighted by atomic mass is 9.97. The second kappa shape index (κ2) is 11.0. The Hall–Kier alpha value is -3.41. The van der Waals surface area contributed by atoms with Crippen molar-refractivity contribution in [1.82, 2.24) is 29.4 Å². The summed E-state index contributed by atoms with van der Waals surface area (Å²) in [5, 5.41) is 10.8. The zero-order chi connectivity index (χ0) is 29.8. The summed E-state index contributed by atoms with van der Waals surface area (Å²) in [7, 11) is 1.69. The molecule has 1 aliphatic carbocycles. The molecule has 2 aromatic heterocycles. The normalized spacial score (nSPS) is 22.6. The highest BCUT2D eigenvalue weighted by atomic mass is 19.1. The lowest BCUT2D eigenvalue weighted by Crippen LogP contribution is -2.50. The predicted molar refractivity (Wildman–Crippen MR) is 156 cm³/mol.